The summed E-state index contributed by atoms with van der Waals surface area (Å²) in [6, 6.07) is 21.8. The first-order valence-corrected chi connectivity index (χ1v) is 11.2. The highest BCUT2D eigenvalue weighted by Crippen LogP contribution is 2.29. The molecule has 1 saturated heterocycles. The molecule has 33 heavy (non-hydrogen) atoms. The summed E-state index contributed by atoms with van der Waals surface area (Å²) < 4.78 is 0. The van der Waals surface area contributed by atoms with Crippen LogP contribution in [0.15, 0.2) is 72.8 Å². The summed E-state index contributed by atoms with van der Waals surface area (Å²) in [5.74, 6) is -0.484. The van der Waals surface area contributed by atoms with Gasteiger partial charge in [0.05, 0.1) is 6.04 Å². The molecule has 0 unspecified atom stereocenters. The number of hydrogen-bond acceptors (Lipinski definition) is 5. The molecule has 0 radical (unpaired) electrons. The third kappa shape index (κ3) is 3.94. The smallest absolute Gasteiger partial charge is 0.241 e. The van der Waals surface area contributed by atoms with Gasteiger partial charge in [0.15, 0.2) is 11.6 Å². The molecule has 0 aromatic heterocycles. The van der Waals surface area contributed by atoms with E-state index >= 15 is 0 Å². The maximum absolute atomic E-state index is 13.0. The van der Waals surface area contributed by atoms with Crippen LogP contribution in [-0.4, -0.2) is 54.6 Å². The van der Waals surface area contributed by atoms with Crippen molar-refractivity contribution in [2.75, 3.05) is 36.4 Å². The van der Waals surface area contributed by atoms with E-state index in [1.165, 1.54) is 5.69 Å². The SMILES string of the molecule is C[C@H](C(=O)Nc1ccc2c(c1)C(=O)c1ccccc1C2=O)N1CCN(c2ccccc2)CC1. The van der Waals surface area contributed by atoms with Crippen molar-refractivity contribution in [1.82, 2.24) is 4.90 Å². The quantitative estimate of drug-likeness (QED) is 0.526. The second-order valence-electron chi connectivity index (χ2n) is 8.49. The highest BCUT2D eigenvalue weighted by molar-refractivity contribution is 6.28. The number of carbonyl (C=O) groups is 3. The molecule has 0 bridgehead atoms. The fraction of sp³-hybridized carbons (Fsp3) is 0.222. The van der Waals surface area contributed by atoms with Crippen molar-refractivity contribution in [1.29, 1.82) is 0 Å². The number of piperazine rings is 1. The molecule has 6 heteroatoms. The summed E-state index contributed by atoms with van der Waals surface area (Å²) in [6.45, 7) is 5.19. The minimum Gasteiger partial charge on any atom is -0.369 e. The van der Waals surface area contributed by atoms with Crippen molar-refractivity contribution >= 4 is 28.8 Å². The van der Waals surface area contributed by atoms with E-state index in [0.29, 0.717) is 27.9 Å². The van der Waals surface area contributed by atoms with Crippen LogP contribution in [0.2, 0.25) is 0 Å². The van der Waals surface area contributed by atoms with E-state index in [1.807, 2.05) is 25.1 Å². The molecule has 6 nitrogen and oxygen atoms in total. The molecule has 5 rings (SSSR count). The van der Waals surface area contributed by atoms with E-state index < -0.39 is 0 Å². The van der Waals surface area contributed by atoms with Crippen molar-refractivity contribution in [2.24, 2.45) is 0 Å². The van der Waals surface area contributed by atoms with Crippen LogP contribution in [0.4, 0.5) is 11.4 Å². The molecule has 3 aromatic carbocycles. The van der Waals surface area contributed by atoms with Crippen LogP contribution in [0.3, 0.4) is 0 Å². The molecule has 1 atom stereocenters. The number of nitrogens with zero attached hydrogens (tertiary/aromatic N) is 2. The zero-order chi connectivity index (χ0) is 22.9. The number of amides is 1. The monoisotopic (exact) mass is 439 g/mol. The largest absolute Gasteiger partial charge is 0.369 e. The molecule has 2 aliphatic rings. The third-order valence-corrected chi connectivity index (χ3v) is 6.56. The maximum Gasteiger partial charge on any atom is 0.241 e. The van der Waals surface area contributed by atoms with E-state index in [4.69, 9.17) is 0 Å². The molecule has 1 heterocycles. The van der Waals surface area contributed by atoms with Gasteiger partial charge in [0.2, 0.25) is 5.91 Å². The van der Waals surface area contributed by atoms with Gasteiger partial charge < -0.3 is 10.2 Å². The summed E-state index contributed by atoms with van der Waals surface area (Å²) in [5.41, 5.74) is 3.26. The normalized spacial score (nSPS) is 16.7. The number of anilines is 2. The minimum absolute atomic E-state index is 0.127. The molecule has 1 fully saturated rings. The van der Waals surface area contributed by atoms with Crippen molar-refractivity contribution in [2.45, 2.75) is 13.0 Å². The van der Waals surface area contributed by atoms with Crippen LogP contribution in [-0.2, 0) is 4.79 Å². The van der Waals surface area contributed by atoms with E-state index in [9.17, 15) is 14.4 Å². The van der Waals surface area contributed by atoms with E-state index in [0.717, 1.165) is 26.2 Å². The average molecular weight is 440 g/mol. The van der Waals surface area contributed by atoms with Gasteiger partial charge in [0.1, 0.15) is 0 Å². The van der Waals surface area contributed by atoms with Crippen LogP contribution < -0.4 is 10.2 Å². The topological polar surface area (TPSA) is 69.7 Å². The maximum atomic E-state index is 13.0. The van der Waals surface area contributed by atoms with Crippen molar-refractivity contribution < 1.29 is 14.4 Å². The van der Waals surface area contributed by atoms with Crippen molar-refractivity contribution in [3.8, 4) is 0 Å². The first-order valence-electron chi connectivity index (χ1n) is 11.2. The lowest BCUT2D eigenvalue weighted by molar-refractivity contribution is -0.120. The summed E-state index contributed by atoms with van der Waals surface area (Å²) in [5, 5.41) is 2.93. The molecule has 1 amide bonds. The second kappa shape index (κ2) is 8.64. The van der Waals surface area contributed by atoms with Gasteiger partial charge in [-0.15, -0.1) is 0 Å². The first-order chi connectivity index (χ1) is 16.0. The standard InChI is InChI=1S/C27H25N3O3/c1-18(29-13-15-30(16-14-29)20-7-3-2-4-8-20)27(33)28-19-11-12-23-24(17-19)26(32)22-10-6-5-9-21(22)25(23)31/h2-12,17-18H,13-16H2,1H3,(H,28,33)/t18-/m1/s1. The van der Waals surface area contributed by atoms with Crippen LogP contribution in [0.5, 0.6) is 0 Å². The van der Waals surface area contributed by atoms with E-state index in [1.54, 1.807) is 42.5 Å². The number of fused-ring (bicyclic) bond motifs is 2. The Hall–Kier alpha value is -3.77. The van der Waals surface area contributed by atoms with Crippen LogP contribution >= 0.6 is 0 Å². The summed E-state index contributed by atoms with van der Waals surface area (Å²) in [4.78, 5) is 43.2. The lowest BCUT2D eigenvalue weighted by Crippen LogP contribution is -2.52. The number of carbonyl (C=O) groups excluding carboxylic acids is 3. The van der Waals surface area contributed by atoms with Crippen LogP contribution in [0, 0.1) is 0 Å². The van der Waals surface area contributed by atoms with Gasteiger partial charge in [-0.3, -0.25) is 19.3 Å². The van der Waals surface area contributed by atoms with Crippen LogP contribution in [0.25, 0.3) is 0 Å². The number of rotatable bonds is 4. The van der Waals surface area contributed by atoms with Gasteiger partial charge in [-0.05, 0) is 37.3 Å². The van der Waals surface area contributed by atoms with Crippen molar-refractivity contribution in [3.63, 3.8) is 0 Å². The number of hydrogen-bond donors (Lipinski definition) is 1. The Bertz CT molecular complexity index is 1230. The van der Waals surface area contributed by atoms with Crippen LogP contribution in [0.1, 0.15) is 38.8 Å². The molecule has 1 aliphatic carbocycles. The third-order valence-electron chi connectivity index (χ3n) is 6.56. The van der Waals surface area contributed by atoms with Gasteiger partial charge in [-0.1, -0.05) is 42.5 Å². The zero-order valence-corrected chi connectivity index (χ0v) is 18.5. The molecule has 3 aromatic rings. The van der Waals surface area contributed by atoms with Gasteiger partial charge in [-0.25, -0.2) is 0 Å². The molecular weight excluding hydrogens is 414 g/mol. The summed E-state index contributed by atoms with van der Waals surface area (Å²) in [7, 11) is 0. The first kappa shape index (κ1) is 21.1. The van der Waals surface area contributed by atoms with Gasteiger partial charge in [0.25, 0.3) is 0 Å². The summed E-state index contributed by atoms with van der Waals surface area (Å²) in [6.07, 6.45) is 0. The fourth-order valence-corrected chi connectivity index (χ4v) is 4.60. The van der Waals surface area contributed by atoms with Gasteiger partial charge in [0, 0.05) is 59.8 Å². The Balaban J connectivity index is 1.26. The molecule has 0 spiro atoms. The molecule has 0 saturated carbocycles. The predicted molar refractivity (Wildman–Crippen MR) is 128 cm³/mol. The lowest BCUT2D eigenvalue weighted by Gasteiger charge is -2.38. The van der Waals surface area contributed by atoms with E-state index in [-0.39, 0.29) is 23.5 Å². The minimum atomic E-state index is -0.308. The second-order valence-corrected chi connectivity index (χ2v) is 8.49. The Morgan fingerprint density at radius 1 is 0.758 bits per heavy atom. The van der Waals surface area contributed by atoms with Gasteiger partial charge >= 0.3 is 0 Å². The van der Waals surface area contributed by atoms with Crippen molar-refractivity contribution in [3.05, 3.63) is 95.1 Å². The van der Waals surface area contributed by atoms with E-state index in [2.05, 4.69) is 27.2 Å². The van der Waals surface area contributed by atoms with Gasteiger partial charge in [-0.2, -0.15) is 0 Å². The number of nitrogens with one attached hydrogen (secondary N) is 1. The zero-order valence-electron chi connectivity index (χ0n) is 18.5. The number of benzene rings is 3. The lowest BCUT2D eigenvalue weighted by atomic mass is 9.84. The Morgan fingerprint density at radius 2 is 1.33 bits per heavy atom. The highest BCUT2D eigenvalue weighted by atomic mass is 16.2. The predicted octanol–water partition coefficient (Wildman–Crippen LogP) is 3.61. The Morgan fingerprint density at radius 3 is 2.00 bits per heavy atom. The number of para-hydroxylation sites is 1. The fourth-order valence-electron chi connectivity index (χ4n) is 4.60. The molecule has 1 N–H and O–H groups in total. The number of ketones is 2. The average Bonchev–Trinajstić information content (AvgIpc) is 2.87. The Labute approximate surface area is 192 Å². The Kier molecular flexibility index (Phi) is 5.52. The molecule has 166 valence electrons. The summed E-state index contributed by atoms with van der Waals surface area (Å²) >= 11 is 0. The molecular formula is C27H25N3O3. The molecule has 1 aliphatic heterocycles. The highest BCUT2D eigenvalue weighted by Gasteiger charge is 2.30.